The topological polar surface area (TPSA) is 76.2 Å². The molecule has 5 aromatic rings. The van der Waals surface area contributed by atoms with Crippen LogP contribution in [-0.4, -0.2) is 43.2 Å². The lowest BCUT2D eigenvalue weighted by Gasteiger charge is -2.18. The van der Waals surface area contributed by atoms with Crippen molar-refractivity contribution < 1.29 is 0 Å². The van der Waals surface area contributed by atoms with Crippen LogP contribution in [0, 0.1) is 0 Å². The van der Waals surface area contributed by atoms with Gasteiger partial charge in [-0.05, 0) is 151 Å². The predicted octanol–water partition coefficient (Wildman–Crippen LogP) is 19.2. The molecular weight excluding hydrogens is 859 g/mol. The van der Waals surface area contributed by atoms with E-state index in [4.69, 9.17) is 0 Å². The van der Waals surface area contributed by atoms with Crippen LogP contribution in [0.1, 0.15) is 354 Å². The van der Waals surface area contributed by atoms with Gasteiger partial charge < -0.3 is 13.7 Å². The van der Waals surface area contributed by atoms with Gasteiger partial charge in [-0.3, -0.25) is 9.36 Å². The fraction of sp³-hybridized carbons (Fsp3) is 0.738. The molecule has 9 nitrogen and oxygen atoms in total. The maximum absolute atomic E-state index is 4.65. The summed E-state index contributed by atoms with van der Waals surface area (Å²) in [6.07, 6.45) is 10.4. The van der Waals surface area contributed by atoms with Crippen LogP contribution in [0.15, 0.2) is 37.3 Å². The van der Waals surface area contributed by atoms with E-state index in [1.165, 1.54) is 56.5 Å². The van der Waals surface area contributed by atoms with Gasteiger partial charge in [0.2, 0.25) is 0 Å². The summed E-state index contributed by atoms with van der Waals surface area (Å²) in [5.41, 5.74) is 13.8. The summed E-state index contributed by atoms with van der Waals surface area (Å²) in [5, 5.41) is 9.12. The molecule has 0 aromatic carbocycles. The Labute approximate surface area is 432 Å². The third-order valence-electron chi connectivity index (χ3n) is 12.7. The number of aromatic nitrogens is 9. The van der Waals surface area contributed by atoms with E-state index in [1.54, 1.807) is 0 Å². The molecule has 0 atom stereocenters. The third-order valence-corrected chi connectivity index (χ3v) is 12.7. The normalized spacial score (nSPS) is 12.1. The second-order valence-electron chi connectivity index (χ2n) is 24.3. The first-order chi connectivity index (χ1) is 32.2. The Balaban J connectivity index is 0.000000437. The molecule has 5 heterocycles. The van der Waals surface area contributed by atoms with Crippen LogP contribution in [0.2, 0.25) is 0 Å². The summed E-state index contributed by atoms with van der Waals surface area (Å²) < 4.78 is 11.2. The highest BCUT2D eigenvalue weighted by Crippen LogP contribution is 2.32. The van der Waals surface area contributed by atoms with E-state index in [1.807, 2.05) is 18.9 Å². The highest BCUT2D eigenvalue weighted by Gasteiger charge is 2.21. The summed E-state index contributed by atoms with van der Waals surface area (Å²) >= 11 is 0. The van der Waals surface area contributed by atoms with E-state index < -0.39 is 0 Å². The SMILES string of the molecule is CC(C)c1ccn(C(C)C)c1C(C)C.CC(C)c1cn(C(C)C)nc1C(C)C.CC(C)c1cnn(C(C)C)c1C(C)C.CC(C)c1ncn(C(C)C)c1C(C)C.CC(C)c1ncn(C(C)C)c1C(C)C. The first kappa shape index (κ1) is 64.1. The lowest BCUT2D eigenvalue weighted by Crippen LogP contribution is -2.10. The highest BCUT2D eigenvalue weighted by atomic mass is 15.3. The van der Waals surface area contributed by atoms with E-state index in [0.717, 1.165) is 0 Å². The predicted molar refractivity (Wildman–Crippen MR) is 306 cm³/mol. The van der Waals surface area contributed by atoms with Gasteiger partial charge in [-0.1, -0.05) is 138 Å². The Morgan fingerprint density at radius 2 is 0.700 bits per heavy atom. The van der Waals surface area contributed by atoms with Crippen molar-refractivity contribution in [2.45, 2.75) is 297 Å². The minimum atomic E-state index is 0.458. The second-order valence-corrected chi connectivity index (χ2v) is 24.3. The minimum absolute atomic E-state index is 0.458. The zero-order valence-corrected chi connectivity index (χ0v) is 51.1. The molecular formula is C61H111N9. The van der Waals surface area contributed by atoms with Crippen LogP contribution < -0.4 is 0 Å². The van der Waals surface area contributed by atoms with E-state index >= 15 is 0 Å². The van der Waals surface area contributed by atoms with Crippen LogP contribution >= 0.6 is 0 Å². The van der Waals surface area contributed by atoms with Crippen molar-refractivity contribution in [3.05, 3.63) is 93.9 Å². The molecule has 0 amide bonds. The minimum Gasteiger partial charge on any atom is -0.348 e. The summed E-state index contributed by atoms with van der Waals surface area (Å²) in [5.74, 6) is 5.61. The summed E-state index contributed by atoms with van der Waals surface area (Å²) in [4.78, 5) is 9.04. The van der Waals surface area contributed by atoms with Gasteiger partial charge in [-0.2, -0.15) is 10.2 Å². The molecule has 5 rings (SSSR count). The number of hydrogen-bond acceptors (Lipinski definition) is 4. The molecule has 0 N–H and O–H groups in total. The number of nitrogens with zero attached hydrogens (tertiary/aromatic N) is 9. The second kappa shape index (κ2) is 29.0. The van der Waals surface area contributed by atoms with Gasteiger partial charge in [0.1, 0.15) is 0 Å². The van der Waals surface area contributed by atoms with Gasteiger partial charge in [0, 0.05) is 65.4 Å². The number of hydrogen-bond donors (Lipinski definition) is 0. The van der Waals surface area contributed by atoms with Gasteiger partial charge in [0.15, 0.2) is 0 Å². The largest absolute Gasteiger partial charge is 0.348 e. The maximum atomic E-state index is 4.65. The molecule has 400 valence electrons. The van der Waals surface area contributed by atoms with Gasteiger partial charge >= 0.3 is 0 Å². The Kier molecular flexibility index (Phi) is 26.6. The van der Waals surface area contributed by atoms with Crippen molar-refractivity contribution in [3.63, 3.8) is 0 Å². The fourth-order valence-corrected chi connectivity index (χ4v) is 9.13. The Bertz CT molecular complexity index is 1800. The maximum Gasteiger partial charge on any atom is 0.0954 e. The molecule has 0 unspecified atom stereocenters. The molecule has 5 aromatic heterocycles. The first-order valence-corrected chi connectivity index (χ1v) is 27.7. The number of imidazole rings is 2. The van der Waals surface area contributed by atoms with Crippen LogP contribution in [0.4, 0.5) is 0 Å². The van der Waals surface area contributed by atoms with Crippen molar-refractivity contribution in [1.82, 2.24) is 43.2 Å². The zero-order valence-electron chi connectivity index (χ0n) is 51.1. The van der Waals surface area contributed by atoms with E-state index in [0.29, 0.717) is 89.4 Å². The Hall–Kier alpha value is -3.88. The molecule has 0 aliphatic heterocycles. The Morgan fingerprint density at radius 1 is 0.329 bits per heavy atom. The fourth-order valence-electron chi connectivity index (χ4n) is 9.13. The summed E-state index contributed by atoms with van der Waals surface area (Å²) in [7, 11) is 0. The van der Waals surface area contributed by atoms with Gasteiger partial charge in [-0.25, -0.2) is 9.97 Å². The average Bonchev–Trinajstić information content (AvgIpc) is 4.08. The van der Waals surface area contributed by atoms with Crippen LogP contribution in [0.3, 0.4) is 0 Å². The molecule has 0 bridgehead atoms. The molecule has 0 saturated heterocycles. The van der Waals surface area contributed by atoms with Gasteiger partial charge in [0.25, 0.3) is 0 Å². The lowest BCUT2D eigenvalue weighted by molar-refractivity contribution is 0.495. The van der Waals surface area contributed by atoms with Crippen molar-refractivity contribution in [2.24, 2.45) is 0 Å². The van der Waals surface area contributed by atoms with Crippen LogP contribution in [-0.2, 0) is 0 Å². The highest BCUT2D eigenvalue weighted by molar-refractivity contribution is 5.29. The zero-order chi connectivity index (χ0) is 54.4. The molecule has 0 aliphatic carbocycles. The monoisotopic (exact) mass is 970 g/mol. The first-order valence-electron chi connectivity index (χ1n) is 27.7. The molecule has 9 heteroatoms. The van der Waals surface area contributed by atoms with Gasteiger partial charge in [-0.15, -0.1) is 0 Å². The van der Waals surface area contributed by atoms with Crippen LogP contribution in [0.5, 0.6) is 0 Å². The van der Waals surface area contributed by atoms with Crippen molar-refractivity contribution in [3.8, 4) is 0 Å². The van der Waals surface area contributed by atoms with E-state index in [2.05, 4.69) is 269 Å². The van der Waals surface area contributed by atoms with Crippen molar-refractivity contribution in [1.29, 1.82) is 0 Å². The molecule has 0 radical (unpaired) electrons. The lowest BCUT2D eigenvalue weighted by atomic mass is 9.97. The quantitative estimate of drug-likeness (QED) is 0.105. The average molecular weight is 971 g/mol. The summed E-state index contributed by atoms with van der Waals surface area (Å²) in [6, 6.07) is 4.78. The molecule has 0 saturated carbocycles. The molecule has 0 aliphatic rings. The Morgan fingerprint density at radius 3 is 0.971 bits per heavy atom. The third kappa shape index (κ3) is 17.7. The van der Waals surface area contributed by atoms with Crippen LogP contribution in [0.25, 0.3) is 0 Å². The molecule has 0 spiro atoms. The smallest absolute Gasteiger partial charge is 0.0954 e. The summed E-state index contributed by atoms with van der Waals surface area (Å²) in [6.45, 7) is 66.7. The van der Waals surface area contributed by atoms with Crippen molar-refractivity contribution >= 4 is 0 Å². The number of rotatable bonds is 15. The van der Waals surface area contributed by atoms with Gasteiger partial charge in [0.05, 0.1) is 35.9 Å². The van der Waals surface area contributed by atoms with Crippen molar-refractivity contribution in [2.75, 3.05) is 0 Å². The molecule has 0 fully saturated rings. The standard InChI is InChI=1S/C13H23N.4C12H22N2/c1-9(2)12-7-8-14(11(5)6)13(12)10(3)4;2*1-8(2)11-12(9(3)4)14(7-13-11)10(5)6;1-8(2)11-7-14(10(5)6)13-12(11)9(3)4;1-8(2)11-7-13-14(10(5)6)12(11)9(3)4/h7-11H,1-6H3;4*7-10H,1-6H3. The molecule has 70 heavy (non-hydrogen) atoms. The van der Waals surface area contributed by atoms with E-state index in [9.17, 15) is 0 Å². The van der Waals surface area contributed by atoms with E-state index in [-0.39, 0.29) is 0 Å².